The summed E-state index contributed by atoms with van der Waals surface area (Å²) in [6, 6.07) is 4.42. The van der Waals surface area contributed by atoms with Crippen LogP contribution < -0.4 is 15.4 Å². The first kappa shape index (κ1) is 14.2. The Balaban J connectivity index is 2.28. The highest BCUT2D eigenvalue weighted by atomic mass is 79.9. The van der Waals surface area contributed by atoms with Crippen molar-refractivity contribution >= 4 is 37.5 Å². The van der Waals surface area contributed by atoms with Gasteiger partial charge in [0, 0.05) is 29.7 Å². The molecule has 18 heavy (non-hydrogen) atoms. The first-order chi connectivity index (χ1) is 8.52. The van der Waals surface area contributed by atoms with Gasteiger partial charge in [-0.25, -0.2) is 0 Å². The molecule has 0 aromatic heterocycles. The zero-order valence-electron chi connectivity index (χ0n) is 10.6. The van der Waals surface area contributed by atoms with Crippen LogP contribution in [-0.2, 0) is 0 Å². The summed E-state index contributed by atoms with van der Waals surface area (Å²) in [6.45, 7) is 4.19. The molecule has 1 aliphatic heterocycles. The monoisotopic (exact) mass is 376 g/mol. The van der Waals surface area contributed by atoms with Gasteiger partial charge in [0.1, 0.15) is 5.75 Å². The molecule has 0 bridgehead atoms. The van der Waals surface area contributed by atoms with Crippen LogP contribution in [0.1, 0.15) is 13.3 Å². The maximum absolute atomic E-state index is 6.07. The van der Waals surface area contributed by atoms with Crippen molar-refractivity contribution in [2.45, 2.75) is 19.4 Å². The van der Waals surface area contributed by atoms with Gasteiger partial charge in [0.05, 0.1) is 17.3 Å². The van der Waals surface area contributed by atoms with Gasteiger partial charge in [0.15, 0.2) is 0 Å². The Labute approximate surface area is 125 Å². The van der Waals surface area contributed by atoms with Crippen LogP contribution in [0, 0.1) is 5.92 Å². The number of nitrogens with zero attached hydrogens (tertiary/aromatic N) is 1. The molecule has 0 amide bonds. The van der Waals surface area contributed by atoms with Crippen LogP contribution >= 0.6 is 31.9 Å². The van der Waals surface area contributed by atoms with E-state index in [1.807, 2.05) is 6.07 Å². The third-order valence-electron chi connectivity index (χ3n) is 3.53. The second-order valence-electron chi connectivity index (χ2n) is 4.81. The highest BCUT2D eigenvalue weighted by Crippen LogP contribution is 2.37. The molecule has 2 unspecified atom stereocenters. The molecule has 2 rings (SSSR count). The average Bonchev–Trinajstić information content (AvgIpc) is 2.33. The van der Waals surface area contributed by atoms with E-state index in [0.717, 1.165) is 34.2 Å². The van der Waals surface area contributed by atoms with Crippen LogP contribution in [0.5, 0.6) is 5.75 Å². The molecule has 5 heteroatoms. The minimum Gasteiger partial charge on any atom is -0.495 e. The molecule has 0 spiro atoms. The molecular weight excluding hydrogens is 360 g/mol. The van der Waals surface area contributed by atoms with E-state index < -0.39 is 0 Å². The van der Waals surface area contributed by atoms with Crippen LogP contribution in [0.15, 0.2) is 21.1 Å². The lowest BCUT2D eigenvalue weighted by Gasteiger charge is -2.37. The van der Waals surface area contributed by atoms with Gasteiger partial charge < -0.3 is 15.4 Å². The molecule has 100 valence electrons. The van der Waals surface area contributed by atoms with Gasteiger partial charge in [-0.2, -0.15) is 0 Å². The SMILES string of the molecule is COc1cc(N2CCC(N)C(C)C2)c(Br)cc1Br. The van der Waals surface area contributed by atoms with E-state index in [1.54, 1.807) is 7.11 Å². The normalized spacial score (nSPS) is 24.2. The number of halogens is 2. The molecule has 1 heterocycles. The van der Waals surface area contributed by atoms with E-state index in [-0.39, 0.29) is 0 Å². The number of rotatable bonds is 2. The molecule has 2 N–H and O–H groups in total. The largest absolute Gasteiger partial charge is 0.495 e. The summed E-state index contributed by atoms with van der Waals surface area (Å²) in [6.07, 6.45) is 1.03. The third-order valence-corrected chi connectivity index (χ3v) is 4.79. The quantitative estimate of drug-likeness (QED) is 0.858. The zero-order valence-corrected chi connectivity index (χ0v) is 13.8. The molecule has 1 aromatic carbocycles. The van der Waals surface area contributed by atoms with Crippen LogP contribution in [0.25, 0.3) is 0 Å². The highest BCUT2D eigenvalue weighted by molar-refractivity contribution is 9.11. The van der Waals surface area contributed by atoms with Crippen LogP contribution in [0.4, 0.5) is 5.69 Å². The van der Waals surface area contributed by atoms with Gasteiger partial charge in [-0.15, -0.1) is 0 Å². The number of anilines is 1. The summed E-state index contributed by atoms with van der Waals surface area (Å²) in [5.41, 5.74) is 7.24. The van der Waals surface area contributed by atoms with Crippen molar-refractivity contribution in [3.63, 3.8) is 0 Å². The van der Waals surface area contributed by atoms with Crippen molar-refractivity contribution in [2.75, 3.05) is 25.1 Å². The zero-order chi connectivity index (χ0) is 13.3. The number of ether oxygens (including phenoxy) is 1. The molecule has 0 saturated carbocycles. The minimum absolute atomic E-state index is 0.317. The molecule has 2 atom stereocenters. The first-order valence-electron chi connectivity index (χ1n) is 6.06. The molecule has 3 nitrogen and oxygen atoms in total. The van der Waals surface area contributed by atoms with Gasteiger partial charge in [-0.05, 0) is 50.3 Å². The predicted molar refractivity (Wildman–Crippen MR) is 82.4 cm³/mol. The van der Waals surface area contributed by atoms with Gasteiger partial charge >= 0.3 is 0 Å². The lowest BCUT2D eigenvalue weighted by atomic mass is 9.94. The summed E-state index contributed by atoms with van der Waals surface area (Å²) in [7, 11) is 1.69. The fourth-order valence-electron chi connectivity index (χ4n) is 2.30. The van der Waals surface area contributed by atoms with E-state index in [4.69, 9.17) is 10.5 Å². The molecule has 1 aromatic rings. The minimum atomic E-state index is 0.317. The summed E-state index contributed by atoms with van der Waals surface area (Å²) < 4.78 is 7.40. The smallest absolute Gasteiger partial charge is 0.135 e. The van der Waals surface area contributed by atoms with Crippen molar-refractivity contribution in [3.05, 3.63) is 21.1 Å². The lowest BCUT2D eigenvalue weighted by molar-refractivity contribution is 0.381. The topological polar surface area (TPSA) is 38.5 Å². The summed E-state index contributed by atoms with van der Waals surface area (Å²) in [4.78, 5) is 2.37. The Morgan fingerprint density at radius 2 is 2.06 bits per heavy atom. The standard InChI is InChI=1S/C13H18Br2N2O/c1-8-7-17(4-3-11(8)16)12-6-13(18-2)10(15)5-9(12)14/h5-6,8,11H,3-4,7,16H2,1-2H3. The molecule has 0 aliphatic carbocycles. The van der Waals surface area contributed by atoms with E-state index in [1.165, 1.54) is 5.69 Å². The number of hydrogen-bond donors (Lipinski definition) is 1. The Morgan fingerprint density at radius 1 is 1.33 bits per heavy atom. The van der Waals surface area contributed by atoms with Crippen molar-refractivity contribution < 1.29 is 4.74 Å². The molecule has 0 radical (unpaired) electrons. The lowest BCUT2D eigenvalue weighted by Crippen LogP contribution is -2.46. The molecular formula is C13H18Br2N2O. The molecule has 1 aliphatic rings. The third kappa shape index (κ3) is 2.83. The Morgan fingerprint density at radius 3 is 2.67 bits per heavy atom. The molecule has 1 saturated heterocycles. The highest BCUT2D eigenvalue weighted by Gasteiger charge is 2.25. The van der Waals surface area contributed by atoms with Gasteiger partial charge in [-0.1, -0.05) is 6.92 Å². The second-order valence-corrected chi connectivity index (χ2v) is 6.52. The number of hydrogen-bond acceptors (Lipinski definition) is 3. The Bertz CT molecular complexity index is 439. The second kappa shape index (κ2) is 5.80. The van der Waals surface area contributed by atoms with E-state index in [2.05, 4.69) is 49.7 Å². The fraction of sp³-hybridized carbons (Fsp3) is 0.538. The van der Waals surface area contributed by atoms with Crippen LogP contribution in [-0.4, -0.2) is 26.2 Å². The van der Waals surface area contributed by atoms with Gasteiger partial charge in [-0.3, -0.25) is 0 Å². The van der Waals surface area contributed by atoms with Crippen molar-refractivity contribution in [1.29, 1.82) is 0 Å². The Hall–Kier alpha value is -0.260. The predicted octanol–water partition coefficient (Wildman–Crippen LogP) is 3.39. The summed E-state index contributed by atoms with van der Waals surface area (Å²) in [5.74, 6) is 1.37. The maximum atomic E-state index is 6.07. The first-order valence-corrected chi connectivity index (χ1v) is 7.65. The fourth-order valence-corrected chi connectivity index (χ4v) is 3.71. The van der Waals surface area contributed by atoms with E-state index in [9.17, 15) is 0 Å². The number of piperidine rings is 1. The van der Waals surface area contributed by atoms with Crippen LogP contribution in [0.2, 0.25) is 0 Å². The summed E-state index contributed by atoms with van der Waals surface area (Å²) >= 11 is 7.12. The van der Waals surface area contributed by atoms with E-state index >= 15 is 0 Å². The number of benzene rings is 1. The number of nitrogens with two attached hydrogens (primary N) is 1. The van der Waals surface area contributed by atoms with Crippen molar-refractivity contribution in [1.82, 2.24) is 0 Å². The average molecular weight is 378 g/mol. The van der Waals surface area contributed by atoms with Crippen LogP contribution in [0.3, 0.4) is 0 Å². The Kier molecular flexibility index (Phi) is 4.56. The molecule has 1 fully saturated rings. The van der Waals surface area contributed by atoms with E-state index in [0.29, 0.717) is 12.0 Å². The van der Waals surface area contributed by atoms with Gasteiger partial charge in [0.25, 0.3) is 0 Å². The van der Waals surface area contributed by atoms with Crippen molar-refractivity contribution in [3.8, 4) is 5.75 Å². The number of methoxy groups -OCH3 is 1. The maximum Gasteiger partial charge on any atom is 0.135 e. The van der Waals surface area contributed by atoms with Gasteiger partial charge in [0.2, 0.25) is 0 Å². The van der Waals surface area contributed by atoms with Crippen molar-refractivity contribution in [2.24, 2.45) is 11.7 Å². The summed E-state index contributed by atoms with van der Waals surface area (Å²) in [5, 5.41) is 0.